The molecule has 0 atom stereocenters. The van der Waals surface area contributed by atoms with Crippen molar-refractivity contribution in [3.8, 4) is 0 Å². The average Bonchev–Trinajstić information content (AvgIpc) is 2.28. The summed E-state index contributed by atoms with van der Waals surface area (Å²) in [6.45, 7) is 13.0. The maximum Gasteiger partial charge on any atom is 0.148 e. The van der Waals surface area contributed by atoms with E-state index in [1.165, 1.54) is 0 Å². The van der Waals surface area contributed by atoms with Crippen molar-refractivity contribution in [1.29, 1.82) is 0 Å². The molecule has 17 heavy (non-hydrogen) atoms. The van der Waals surface area contributed by atoms with Crippen LogP contribution >= 0.6 is 0 Å². The molecule has 0 unspecified atom stereocenters. The van der Waals surface area contributed by atoms with Crippen LogP contribution in [0.25, 0.3) is 0 Å². The number of hydrogen-bond acceptors (Lipinski definition) is 5. The van der Waals surface area contributed by atoms with Gasteiger partial charge in [-0.3, -0.25) is 5.43 Å². The zero-order valence-corrected chi connectivity index (χ0v) is 10.6. The van der Waals surface area contributed by atoms with Crippen molar-refractivity contribution >= 4 is 5.84 Å². The summed E-state index contributed by atoms with van der Waals surface area (Å²) < 4.78 is 0. The summed E-state index contributed by atoms with van der Waals surface area (Å²) >= 11 is 0. The molecular weight excluding hydrogens is 214 g/mol. The number of rotatable bonds is 6. The number of nitrogens with zero attached hydrogens (tertiary/aromatic N) is 3. The molecule has 3 N–H and O–H groups in total. The summed E-state index contributed by atoms with van der Waals surface area (Å²) in [7, 11) is 0. The van der Waals surface area contributed by atoms with Gasteiger partial charge in [0.15, 0.2) is 0 Å². The van der Waals surface area contributed by atoms with Gasteiger partial charge in [0.25, 0.3) is 0 Å². The van der Waals surface area contributed by atoms with Gasteiger partial charge in [-0.05, 0) is 5.92 Å². The van der Waals surface area contributed by atoms with Gasteiger partial charge in [-0.2, -0.15) is 5.01 Å². The third-order valence-electron chi connectivity index (χ3n) is 2.31. The highest BCUT2D eigenvalue weighted by Crippen LogP contribution is 2.12. The predicted octanol–water partition coefficient (Wildman–Crippen LogP) is 1.21. The Hall–Kier alpha value is -1.75. The molecule has 0 aliphatic carbocycles. The normalized spacial score (nSPS) is 15.4. The van der Waals surface area contributed by atoms with Gasteiger partial charge >= 0.3 is 0 Å². The Bertz CT molecular complexity index is 333. The first-order valence-electron chi connectivity index (χ1n) is 5.67. The van der Waals surface area contributed by atoms with Crippen LogP contribution in [0.5, 0.6) is 0 Å². The lowest BCUT2D eigenvalue weighted by Crippen LogP contribution is -2.51. The molecule has 1 heterocycles. The van der Waals surface area contributed by atoms with E-state index in [-0.39, 0.29) is 0 Å². The summed E-state index contributed by atoms with van der Waals surface area (Å²) in [6.07, 6.45) is 5.47. The Balaban J connectivity index is 2.81. The molecule has 0 fully saturated rings. The Morgan fingerprint density at radius 1 is 1.47 bits per heavy atom. The predicted molar refractivity (Wildman–Crippen MR) is 71.5 cm³/mol. The number of hydrazine groups is 2. The molecule has 1 rings (SSSR count). The van der Waals surface area contributed by atoms with Crippen LogP contribution in [0.15, 0.2) is 42.2 Å². The first kappa shape index (κ1) is 13.3. The van der Waals surface area contributed by atoms with Crippen LogP contribution in [0.3, 0.4) is 0 Å². The zero-order chi connectivity index (χ0) is 12.8. The second kappa shape index (κ2) is 6.10. The van der Waals surface area contributed by atoms with E-state index in [1.807, 2.05) is 23.2 Å². The Kier molecular flexibility index (Phi) is 4.78. The number of allylic oxidation sites excluding steroid dienone is 1. The number of nitrogens with two attached hydrogens (primary N) is 1. The van der Waals surface area contributed by atoms with E-state index >= 15 is 0 Å². The lowest BCUT2D eigenvalue weighted by molar-refractivity contribution is -0.0451. The molecule has 0 spiro atoms. The summed E-state index contributed by atoms with van der Waals surface area (Å²) in [4.78, 5) is 0. The molecule has 0 aromatic heterocycles. The minimum absolute atomic E-state index is 0.362. The Labute approximate surface area is 103 Å². The van der Waals surface area contributed by atoms with Crippen LogP contribution < -0.4 is 11.2 Å². The molecular formula is C12H21N5. The van der Waals surface area contributed by atoms with E-state index in [2.05, 4.69) is 37.5 Å². The van der Waals surface area contributed by atoms with E-state index in [0.29, 0.717) is 24.8 Å². The SMILES string of the molecule is C=CCN(CC=C)N1N=C(N)C=C(C(C)C)N1. The van der Waals surface area contributed by atoms with Crippen molar-refractivity contribution in [2.45, 2.75) is 13.8 Å². The van der Waals surface area contributed by atoms with E-state index in [1.54, 1.807) is 5.23 Å². The fraction of sp³-hybridized carbons (Fsp3) is 0.417. The number of amidine groups is 1. The van der Waals surface area contributed by atoms with Gasteiger partial charge < -0.3 is 5.73 Å². The highest BCUT2D eigenvalue weighted by atomic mass is 15.9. The Morgan fingerprint density at radius 2 is 2.06 bits per heavy atom. The molecule has 0 bridgehead atoms. The van der Waals surface area contributed by atoms with Gasteiger partial charge in [0.2, 0.25) is 0 Å². The molecule has 0 aromatic rings. The number of hydrazone groups is 1. The quantitative estimate of drug-likeness (QED) is 0.679. The van der Waals surface area contributed by atoms with Crippen LogP contribution in [0.1, 0.15) is 13.8 Å². The van der Waals surface area contributed by atoms with Gasteiger partial charge in [0, 0.05) is 24.9 Å². The van der Waals surface area contributed by atoms with E-state index < -0.39 is 0 Å². The lowest BCUT2D eigenvalue weighted by atomic mass is 10.1. The highest BCUT2D eigenvalue weighted by molar-refractivity contribution is 5.92. The minimum Gasteiger partial charge on any atom is -0.382 e. The van der Waals surface area contributed by atoms with Crippen LogP contribution in [-0.4, -0.2) is 29.2 Å². The van der Waals surface area contributed by atoms with Crippen molar-refractivity contribution in [2.75, 3.05) is 13.1 Å². The molecule has 94 valence electrons. The second-order valence-corrected chi connectivity index (χ2v) is 4.13. The fourth-order valence-electron chi connectivity index (χ4n) is 1.43. The van der Waals surface area contributed by atoms with Crippen LogP contribution in [0.2, 0.25) is 0 Å². The smallest absolute Gasteiger partial charge is 0.148 e. The molecule has 1 aliphatic rings. The van der Waals surface area contributed by atoms with Crippen molar-refractivity contribution < 1.29 is 0 Å². The standard InChI is InChI=1S/C12H21N5/c1-5-7-16(8-6-2)17-14-11(10(3)4)9-12(13)15-17/h5-6,9-10,14H,1-2,7-8H2,3-4H3,(H2,13,15). The van der Waals surface area contributed by atoms with Gasteiger partial charge in [-0.25, -0.2) is 0 Å². The van der Waals surface area contributed by atoms with Gasteiger partial charge in [0.05, 0.1) is 0 Å². The molecule has 5 heteroatoms. The average molecular weight is 235 g/mol. The van der Waals surface area contributed by atoms with Crippen molar-refractivity contribution in [3.05, 3.63) is 37.1 Å². The van der Waals surface area contributed by atoms with Crippen molar-refractivity contribution in [1.82, 2.24) is 15.7 Å². The third-order valence-corrected chi connectivity index (χ3v) is 2.31. The maximum absolute atomic E-state index is 5.80. The van der Waals surface area contributed by atoms with E-state index in [4.69, 9.17) is 5.73 Å². The van der Waals surface area contributed by atoms with Crippen molar-refractivity contribution in [3.63, 3.8) is 0 Å². The fourth-order valence-corrected chi connectivity index (χ4v) is 1.43. The van der Waals surface area contributed by atoms with Gasteiger partial charge in [0.1, 0.15) is 5.84 Å². The Morgan fingerprint density at radius 3 is 2.53 bits per heavy atom. The van der Waals surface area contributed by atoms with Crippen molar-refractivity contribution in [2.24, 2.45) is 16.8 Å². The second-order valence-electron chi connectivity index (χ2n) is 4.13. The summed E-state index contributed by atoms with van der Waals surface area (Å²) in [5.41, 5.74) is 10.0. The summed E-state index contributed by atoms with van der Waals surface area (Å²) in [5.74, 6) is 0.853. The van der Waals surface area contributed by atoms with E-state index in [0.717, 1.165) is 5.70 Å². The molecule has 0 amide bonds. The first-order valence-corrected chi connectivity index (χ1v) is 5.67. The lowest BCUT2D eigenvalue weighted by Gasteiger charge is -2.35. The molecule has 0 aromatic carbocycles. The van der Waals surface area contributed by atoms with Gasteiger partial charge in [-0.15, -0.1) is 23.5 Å². The molecule has 0 saturated heterocycles. The highest BCUT2D eigenvalue weighted by Gasteiger charge is 2.18. The molecule has 5 nitrogen and oxygen atoms in total. The number of nitrogens with one attached hydrogen (secondary N) is 1. The summed E-state index contributed by atoms with van der Waals surface area (Å²) in [5, 5.41) is 7.82. The van der Waals surface area contributed by atoms with E-state index in [9.17, 15) is 0 Å². The zero-order valence-electron chi connectivity index (χ0n) is 10.6. The van der Waals surface area contributed by atoms with Gasteiger partial charge in [-0.1, -0.05) is 26.0 Å². The molecule has 0 radical (unpaired) electrons. The summed E-state index contributed by atoms with van der Waals surface area (Å²) in [6, 6.07) is 0. The minimum atomic E-state index is 0.362. The first-order chi connectivity index (χ1) is 8.08. The number of hydrogen-bond donors (Lipinski definition) is 2. The molecule has 0 saturated carbocycles. The molecule has 1 aliphatic heterocycles. The largest absolute Gasteiger partial charge is 0.382 e. The topological polar surface area (TPSA) is 56.9 Å². The maximum atomic E-state index is 5.80. The third kappa shape index (κ3) is 3.64. The van der Waals surface area contributed by atoms with Crippen LogP contribution in [0, 0.1) is 5.92 Å². The van der Waals surface area contributed by atoms with Crippen LogP contribution in [0.4, 0.5) is 0 Å². The monoisotopic (exact) mass is 235 g/mol. The van der Waals surface area contributed by atoms with Crippen LogP contribution in [-0.2, 0) is 0 Å².